The molecule has 2 unspecified atom stereocenters. The number of hydrogen-bond acceptors (Lipinski definition) is 1. The molecule has 0 fully saturated rings. The molecule has 2 aliphatic rings. The number of rotatable bonds is 0. The zero-order valence-corrected chi connectivity index (χ0v) is 5.81. The van der Waals surface area contributed by atoms with E-state index in [2.05, 4.69) is 31.3 Å². The van der Waals surface area contributed by atoms with Crippen molar-refractivity contribution in [2.45, 2.75) is 25.9 Å². The van der Waals surface area contributed by atoms with Gasteiger partial charge in [0.25, 0.3) is 0 Å². The summed E-state index contributed by atoms with van der Waals surface area (Å²) in [5, 5.41) is 3.44. The second kappa shape index (κ2) is 1.48. The van der Waals surface area contributed by atoms with Crippen molar-refractivity contribution >= 4 is 0 Å². The van der Waals surface area contributed by atoms with E-state index in [0.717, 1.165) is 0 Å². The third kappa shape index (κ3) is 0.527. The van der Waals surface area contributed by atoms with Gasteiger partial charge in [0.15, 0.2) is 0 Å². The van der Waals surface area contributed by atoms with E-state index in [4.69, 9.17) is 0 Å². The van der Waals surface area contributed by atoms with E-state index < -0.39 is 0 Å². The predicted octanol–water partition coefficient (Wildman–Crippen LogP) is 1.23. The molecule has 2 atom stereocenters. The normalized spacial score (nSPS) is 38.9. The first-order chi connectivity index (χ1) is 4.29. The van der Waals surface area contributed by atoms with Gasteiger partial charge in [0.1, 0.15) is 0 Å². The molecule has 0 aromatic rings. The second-order valence-electron chi connectivity index (χ2n) is 2.87. The maximum absolute atomic E-state index is 3.44. The van der Waals surface area contributed by atoms with Gasteiger partial charge in [-0.05, 0) is 13.8 Å². The van der Waals surface area contributed by atoms with Gasteiger partial charge in [0, 0.05) is 12.1 Å². The summed E-state index contributed by atoms with van der Waals surface area (Å²) in [5.74, 6) is 0. The fourth-order valence-corrected chi connectivity index (χ4v) is 1.56. The molecule has 1 nitrogen and oxygen atoms in total. The lowest BCUT2D eigenvalue weighted by molar-refractivity contribution is 0.725. The van der Waals surface area contributed by atoms with Crippen LogP contribution in [0, 0.1) is 0 Å². The van der Waals surface area contributed by atoms with E-state index in [0.29, 0.717) is 12.1 Å². The molecule has 0 saturated carbocycles. The SMILES string of the molecule is CC1=C(C)C2C=CC1N2. The fourth-order valence-electron chi connectivity index (χ4n) is 1.56. The van der Waals surface area contributed by atoms with Crippen molar-refractivity contribution in [2.75, 3.05) is 0 Å². The van der Waals surface area contributed by atoms with Gasteiger partial charge in [-0.2, -0.15) is 0 Å². The summed E-state index contributed by atoms with van der Waals surface area (Å²) in [6, 6.07) is 1.13. The summed E-state index contributed by atoms with van der Waals surface area (Å²) in [5.41, 5.74) is 3.03. The van der Waals surface area contributed by atoms with Gasteiger partial charge in [0.2, 0.25) is 0 Å². The third-order valence-corrected chi connectivity index (χ3v) is 2.41. The Balaban J connectivity index is 2.41. The molecule has 0 saturated heterocycles. The van der Waals surface area contributed by atoms with Crippen molar-refractivity contribution in [2.24, 2.45) is 0 Å². The topological polar surface area (TPSA) is 12.0 Å². The first kappa shape index (κ1) is 5.24. The molecule has 2 bridgehead atoms. The van der Waals surface area contributed by atoms with Gasteiger partial charge in [-0.1, -0.05) is 23.3 Å². The van der Waals surface area contributed by atoms with Crippen LogP contribution in [0.5, 0.6) is 0 Å². The minimum atomic E-state index is 0.565. The molecule has 48 valence electrons. The van der Waals surface area contributed by atoms with Gasteiger partial charge in [-0.25, -0.2) is 0 Å². The summed E-state index contributed by atoms with van der Waals surface area (Å²) in [6.07, 6.45) is 4.49. The summed E-state index contributed by atoms with van der Waals surface area (Å²) >= 11 is 0. The Labute approximate surface area is 55.5 Å². The molecule has 0 spiro atoms. The number of fused-ring (bicyclic) bond motifs is 2. The largest absolute Gasteiger partial charge is 0.297 e. The average Bonchev–Trinajstić information content (AvgIpc) is 2.37. The minimum absolute atomic E-state index is 0.565. The van der Waals surface area contributed by atoms with Crippen LogP contribution in [0.1, 0.15) is 13.8 Å². The molecule has 0 aromatic heterocycles. The molecular formula is C8H11N. The zero-order chi connectivity index (χ0) is 6.43. The molecule has 2 aliphatic heterocycles. The van der Waals surface area contributed by atoms with Crippen LogP contribution in [0.3, 0.4) is 0 Å². The van der Waals surface area contributed by atoms with E-state index in [1.807, 2.05) is 0 Å². The Hall–Kier alpha value is -0.560. The van der Waals surface area contributed by atoms with Gasteiger partial charge in [-0.3, -0.25) is 5.32 Å². The standard InChI is InChI=1S/C8H11N/c1-5-6(2)8-4-3-7(5)9-8/h3-4,7-9H,1-2H3. The Kier molecular flexibility index (Phi) is 0.862. The maximum Gasteiger partial charge on any atom is 0.0473 e. The van der Waals surface area contributed by atoms with Crippen LogP contribution in [0.15, 0.2) is 23.3 Å². The maximum atomic E-state index is 3.44. The highest BCUT2D eigenvalue weighted by Gasteiger charge is 2.28. The minimum Gasteiger partial charge on any atom is -0.297 e. The van der Waals surface area contributed by atoms with Gasteiger partial charge in [-0.15, -0.1) is 0 Å². The Bertz CT molecular complexity index is 181. The second-order valence-corrected chi connectivity index (χ2v) is 2.87. The van der Waals surface area contributed by atoms with Gasteiger partial charge < -0.3 is 0 Å². The highest BCUT2D eigenvalue weighted by molar-refractivity contribution is 5.40. The first-order valence-electron chi connectivity index (χ1n) is 3.40. The molecule has 0 radical (unpaired) electrons. The summed E-state index contributed by atoms with van der Waals surface area (Å²) in [6.45, 7) is 4.41. The molecule has 0 aromatic carbocycles. The van der Waals surface area contributed by atoms with Gasteiger partial charge in [0.05, 0.1) is 0 Å². The summed E-state index contributed by atoms with van der Waals surface area (Å²) < 4.78 is 0. The summed E-state index contributed by atoms with van der Waals surface area (Å²) in [7, 11) is 0. The van der Waals surface area contributed by atoms with Crippen molar-refractivity contribution in [1.29, 1.82) is 0 Å². The zero-order valence-electron chi connectivity index (χ0n) is 5.81. The first-order valence-corrected chi connectivity index (χ1v) is 3.40. The van der Waals surface area contributed by atoms with E-state index in [-0.39, 0.29) is 0 Å². The lowest BCUT2D eigenvalue weighted by Crippen LogP contribution is -2.22. The van der Waals surface area contributed by atoms with Crippen LogP contribution in [0.2, 0.25) is 0 Å². The van der Waals surface area contributed by atoms with Crippen LogP contribution >= 0.6 is 0 Å². The monoisotopic (exact) mass is 121 g/mol. The lowest BCUT2D eigenvalue weighted by atomic mass is 10.0. The predicted molar refractivity (Wildman–Crippen MR) is 38.2 cm³/mol. The molecule has 2 rings (SSSR count). The number of hydrogen-bond donors (Lipinski definition) is 1. The Morgan fingerprint density at radius 3 is 1.78 bits per heavy atom. The van der Waals surface area contributed by atoms with Crippen molar-refractivity contribution in [1.82, 2.24) is 5.32 Å². The van der Waals surface area contributed by atoms with Crippen LogP contribution in [-0.2, 0) is 0 Å². The van der Waals surface area contributed by atoms with Crippen LogP contribution in [0.4, 0.5) is 0 Å². The van der Waals surface area contributed by atoms with E-state index >= 15 is 0 Å². The Morgan fingerprint density at radius 2 is 1.56 bits per heavy atom. The molecule has 1 heteroatoms. The smallest absolute Gasteiger partial charge is 0.0473 e. The summed E-state index contributed by atoms with van der Waals surface area (Å²) in [4.78, 5) is 0. The van der Waals surface area contributed by atoms with E-state index in [1.54, 1.807) is 0 Å². The van der Waals surface area contributed by atoms with Crippen LogP contribution in [-0.4, -0.2) is 12.1 Å². The van der Waals surface area contributed by atoms with Crippen molar-refractivity contribution in [3.05, 3.63) is 23.3 Å². The van der Waals surface area contributed by atoms with Crippen molar-refractivity contribution < 1.29 is 0 Å². The van der Waals surface area contributed by atoms with Crippen LogP contribution in [0.25, 0.3) is 0 Å². The molecule has 0 aliphatic carbocycles. The molecular weight excluding hydrogens is 110 g/mol. The Morgan fingerprint density at radius 1 is 1.11 bits per heavy atom. The quantitative estimate of drug-likeness (QED) is 0.475. The molecule has 0 amide bonds. The molecule has 9 heavy (non-hydrogen) atoms. The molecule has 1 N–H and O–H groups in total. The van der Waals surface area contributed by atoms with E-state index in [9.17, 15) is 0 Å². The third-order valence-electron chi connectivity index (χ3n) is 2.41. The van der Waals surface area contributed by atoms with E-state index in [1.165, 1.54) is 11.1 Å². The van der Waals surface area contributed by atoms with Gasteiger partial charge >= 0.3 is 0 Å². The molecule has 2 heterocycles. The average molecular weight is 121 g/mol. The highest BCUT2D eigenvalue weighted by atomic mass is 15.0. The van der Waals surface area contributed by atoms with Crippen LogP contribution < -0.4 is 5.32 Å². The van der Waals surface area contributed by atoms with Crippen molar-refractivity contribution in [3.8, 4) is 0 Å². The van der Waals surface area contributed by atoms with Crippen molar-refractivity contribution in [3.63, 3.8) is 0 Å². The highest BCUT2D eigenvalue weighted by Crippen LogP contribution is 2.27. The fraction of sp³-hybridized carbons (Fsp3) is 0.500. The lowest BCUT2D eigenvalue weighted by Gasteiger charge is -2.03. The number of nitrogens with one attached hydrogen (secondary N) is 1.